The monoisotopic (exact) mass is 293 g/mol. The van der Waals surface area contributed by atoms with Crippen LogP contribution in [0.4, 0.5) is 11.5 Å². The second-order valence-electron chi connectivity index (χ2n) is 3.23. The third kappa shape index (κ3) is 2.79. The van der Waals surface area contributed by atoms with E-state index in [0.29, 0.717) is 0 Å². The highest BCUT2D eigenvalue weighted by Crippen LogP contribution is 2.20. The molecule has 2 N–H and O–H groups in total. The fraction of sp³-hybridized carbons (Fsp3) is 0. The summed E-state index contributed by atoms with van der Waals surface area (Å²) >= 11 is 3.33. The second-order valence-corrected chi connectivity index (χ2v) is 4.15. The fourth-order valence-electron chi connectivity index (χ4n) is 1.30. The average molecular weight is 294 g/mol. The van der Waals surface area contributed by atoms with Gasteiger partial charge in [0.05, 0.1) is 6.20 Å². The molecule has 0 radical (unpaired) electrons. The Balaban J connectivity index is 2.33. The van der Waals surface area contributed by atoms with Crippen molar-refractivity contribution >= 4 is 33.4 Å². The molecule has 0 saturated heterocycles. The summed E-state index contributed by atoms with van der Waals surface area (Å²) in [6.45, 7) is 0. The van der Waals surface area contributed by atoms with Gasteiger partial charge in [0.25, 0.3) is 0 Å². The summed E-state index contributed by atoms with van der Waals surface area (Å²) in [4.78, 5) is 11.0. The van der Waals surface area contributed by atoms with Crippen LogP contribution in [0.5, 0.6) is 0 Å². The Morgan fingerprint density at radius 3 is 2.88 bits per heavy atom. The minimum absolute atomic E-state index is 0.0833. The normalized spacial score (nSPS) is 9.94. The van der Waals surface area contributed by atoms with Gasteiger partial charge in [-0.15, -0.1) is 5.10 Å². The van der Waals surface area contributed by atoms with Gasteiger partial charge in [-0.05, 0) is 24.3 Å². The molecule has 0 aliphatic carbocycles. The van der Waals surface area contributed by atoms with Crippen LogP contribution in [0.15, 0.2) is 41.0 Å². The van der Waals surface area contributed by atoms with Crippen LogP contribution in [-0.4, -0.2) is 21.3 Å². The number of carboxylic acids is 1. The van der Waals surface area contributed by atoms with Gasteiger partial charge in [-0.2, -0.15) is 5.10 Å². The van der Waals surface area contributed by atoms with Gasteiger partial charge in [-0.25, -0.2) is 4.79 Å². The number of nitrogens with one attached hydrogen (secondary N) is 1. The fourth-order valence-corrected chi connectivity index (χ4v) is 1.70. The lowest BCUT2D eigenvalue weighted by atomic mass is 10.2. The summed E-state index contributed by atoms with van der Waals surface area (Å²) < 4.78 is 0.892. The van der Waals surface area contributed by atoms with Crippen molar-refractivity contribution in [2.75, 3.05) is 5.32 Å². The van der Waals surface area contributed by atoms with Crippen molar-refractivity contribution in [3.63, 3.8) is 0 Å². The van der Waals surface area contributed by atoms with E-state index in [-0.39, 0.29) is 11.4 Å². The van der Waals surface area contributed by atoms with Crippen LogP contribution < -0.4 is 5.32 Å². The Kier molecular flexibility index (Phi) is 3.34. The summed E-state index contributed by atoms with van der Waals surface area (Å²) in [5.74, 6) is -0.824. The highest BCUT2D eigenvalue weighted by atomic mass is 79.9. The first-order valence-electron chi connectivity index (χ1n) is 4.74. The Labute approximate surface area is 106 Å². The van der Waals surface area contributed by atoms with Gasteiger partial charge in [-0.3, -0.25) is 0 Å². The van der Waals surface area contributed by atoms with Crippen molar-refractivity contribution in [1.82, 2.24) is 10.2 Å². The van der Waals surface area contributed by atoms with Crippen molar-refractivity contribution in [3.8, 4) is 0 Å². The molecule has 6 heteroatoms. The standard InChI is InChI=1S/C11H8BrN3O2/c12-7-2-1-3-8(6-7)14-10-9(11(16)17)4-5-13-15-10/h1-6H,(H,14,15)(H,16,17). The molecule has 1 heterocycles. The number of benzene rings is 1. The molecule has 2 aromatic rings. The van der Waals surface area contributed by atoms with E-state index in [1.165, 1.54) is 12.3 Å². The van der Waals surface area contributed by atoms with E-state index in [4.69, 9.17) is 5.11 Å². The Morgan fingerprint density at radius 2 is 2.18 bits per heavy atom. The van der Waals surface area contributed by atoms with E-state index in [2.05, 4.69) is 31.4 Å². The first-order chi connectivity index (χ1) is 8.16. The molecule has 1 aromatic carbocycles. The number of anilines is 2. The largest absolute Gasteiger partial charge is 0.478 e. The molecular weight excluding hydrogens is 286 g/mol. The average Bonchev–Trinajstić information content (AvgIpc) is 2.29. The Bertz CT molecular complexity index is 560. The van der Waals surface area contributed by atoms with Crippen molar-refractivity contribution in [3.05, 3.63) is 46.6 Å². The van der Waals surface area contributed by atoms with E-state index < -0.39 is 5.97 Å². The zero-order chi connectivity index (χ0) is 12.3. The summed E-state index contributed by atoms with van der Waals surface area (Å²) in [5.41, 5.74) is 0.822. The van der Waals surface area contributed by atoms with Gasteiger partial charge in [0, 0.05) is 10.2 Å². The van der Waals surface area contributed by atoms with Gasteiger partial charge in [0.2, 0.25) is 0 Å². The number of rotatable bonds is 3. The number of carbonyl (C=O) groups is 1. The van der Waals surface area contributed by atoms with Crippen LogP contribution in [0.2, 0.25) is 0 Å². The van der Waals surface area contributed by atoms with Crippen molar-refractivity contribution in [1.29, 1.82) is 0 Å². The first-order valence-corrected chi connectivity index (χ1v) is 5.53. The van der Waals surface area contributed by atoms with Crippen LogP contribution in [0.25, 0.3) is 0 Å². The molecule has 5 nitrogen and oxygen atoms in total. The summed E-state index contributed by atoms with van der Waals surface area (Å²) in [6.07, 6.45) is 1.34. The number of hydrogen-bond acceptors (Lipinski definition) is 4. The van der Waals surface area contributed by atoms with Crippen LogP contribution in [0, 0.1) is 0 Å². The summed E-state index contributed by atoms with van der Waals surface area (Å²) in [6, 6.07) is 8.74. The molecule has 17 heavy (non-hydrogen) atoms. The Hall–Kier alpha value is -1.95. The molecule has 0 spiro atoms. The maximum atomic E-state index is 11.0. The highest BCUT2D eigenvalue weighted by Gasteiger charge is 2.11. The van der Waals surface area contributed by atoms with Crippen LogP contribution in [0.1, 0.15) is 10.4 Å². The lowest BCUT2D eigenvalue weighted by Gasteiger charge is -2.07. The van der Waals surface area contributed by atoms with E-state index in [0.717, 1.165) is 10.2 Å². The Morgan fingerprint density at radius 1 is 1.35 bits per heavy atom. The van der Waals surface area contributed by atoms with Gasteiger partial charge in [0.15, 0.2) is 5.82 Å². The third-order valence-corrected chi connectivity index (χ3v) is 2.53. The minimum atomic E-state index is -1.04. The smallest absolute Gasteiger partial charge is 0.339 e. The zero-order valence-corrected chi connectivity index (χ0v) is 10.2. The van der Waals surface area contributed by atoms with E-state index in [9.17, 15) is 4.79 Å². The third-order valence-electron chi connectivity index (χ3n) is 2.04. The maximum Gasteiger partial charge on any atom is 0.339 e. The number of hydrogen-bond donors (Lipinski definition) is 2. The molecule has 0 unspecified atom stereocenters. The highest BCUT2D eigenvalue weighted by molar-refractivity contribution is 9.10. The van der Waals surface area contributed by atoms with E-state index >= 15 is 0 Å². The zero-order valence-electron chi connectivity index (χ0n) is 8.59. The molecule has 0 fully saturated rings. The molecule has 0 bridgehead atoms. The lowest BCUT2D eigenvalue weighted by Crippen LogP contribution is -2.05. The van der Waals surface area contributed by atoms with Gasteiger partial charge >= 0.3 is 5.97 Å². The molecule has 0 amide bonds. The number of carboxylic acid groups (broad SMARTS) is 1. The summed E-state index contributed by atoms with van der Waals surface area (Å²) in [7, 11) is 0. The van der Waals surface area contributed by atoms with Gasteiger partial charge in [0.1, 0.15) is 5.56 Å². The summed E-state index contributed by atoms with van der Waals surface area (Å²) in [5, 5.41) is 19.3. The van der Waals surface area contributed by atoms with Gasteiger partial charge < -0.3 is 10.4 Å². The number of aromatic carboxylic acids is 1. The maximum absolute atomic E-state index is 11.0. The quantitative estimate of drug-likeness (QED) is 0.910. The van der Waals surface area contributed by atoms with Crippen LogP contribution >= 0.6 is 15.9 Å². The molecular formula is C11H8BrN3O2. The predicted molar refractivity (Wildman–Crippen MR) is 66.4 cm³/mol. The van der Waals surface area contributed by atoms with E-state index in [1.54, 1.807) is 0 Å². The lowest BCUT2D eigenvalue weighted by molar-refractivity contribution is 0.0697. The minimum Gasteiger partial charge on any atom is -0.478 e. The van der Waals surface area contributed by atoms with Crippen molar-refractivity contribution in [2.45, 2.75) is 0 Å². The molecule has 0 saturated carbocycles. The predicted octanol–water partition coefficient (Wildman–Crippen LogP) is 2.68. The molecule has 86 valence electrons. The topological polar surface area (TPSA) is 75.1 Å². The van der Waals surface area contributed by atoms with Crippen LogP contribution in [0.3, 0.4) is 0 Å². The molecule has 2 rings (SSSR count). The molecule has 0 atom stereocenters. The first kappa shape index (κ1) is 11.5. The SMILES string of the molecule is O=C(O)c1ccnnc1Nc1cccc(Br)c1. The van der Waals surface area contributed by atoms with Crippen molar-refractivity contribution in [2.24, 2.45) is 0 Å². The molecule has 0 aliphatic heterocycles. The van der Waals surface area contributed by atoms with E-state index in [1.807, 2.05) is 24.3 Å². The number of nitrogens with zero attached hydrogens (tertiary/aromatic N) is 2. The number of halogens is 1. The van der Waals surface area contributed by atoms with Crippen LogP contribution in [-0.2, 0) is 0 Å². The molecule has 1 aromatic heterocycles. The number of aromatic nitrogens is 2. The molecule has 0 aliphatic rings. The van der Waals surface area contributed by atoms with Gasteiger partial charge in [-0.1, -0.05) is 22.0 Å². The van der Waals surface area contributed by atoms with Crippen molar-refractivity contribution < 1.29 is 9.90 Å². The second kappa shape index (κ2) is 4.92.